The molecule has 134 valence electrons. The zero-order valence-electron chi connectivity index (χ0n) is 13.1. The van der Waals surface area contributed by atoms with E-state index < -0.39 is 39.8 Å². The van der Waals surface area contributed by atoms with Crippen LogP contribution in [0.25, 0.3) is 0 Å². The Kier molecular flexibility index (Phi) is 5.43. The van der Waals surface area contributed by atoms with E-state index in [0.29, 0.717) is 0 Å². The second-order valence-corrected chi connectivity index (χ2v) is 5.00. The van der Waals surface area contributed by atoms with Gasteiger partial charge in [0.2, 0.25) is 0 Å². The fourth-order valence-electron chi connectivity index (χ4n) is 2.09. The van der Waals surface area contributed by atoms with Crippen molar-refractivity contribution in [3.63, 3.8) is 0 Å². The number of hydrogen-bond acceptors (Lipinski definition) is 6. The van der Waals surface area contributed by atoms with Crippen molar-refractivity contribution < 1.29 is 24.5 Å². The number of aliphatic carboxylic acids is 1. The van der Waals surface area contributed by atoms with Crippen LogP contribution < -0.4 is 10.2 Å². The summed E-state index contributed by atoms with van der Waals surface area (Å²) in [6.07, 6.45) is 0. The number of hydrogen-bond donors (Lipinski definition) is 2. The fourth-order valence-corrected chi connectivity index (χ4v) is 2.09. The van der Waals surface area contributed by atoms with E-state index in [2.05, 4.69) is 5.32 Å². The van der Waals surface area contributed by atoms with Gasteiger partial charge in [-0.2, -0.15) is 0 Å². The zero-order chi connectivity index (χ0) is 19.3. The van der Waals surface area contributed by atoms with Gasteiger partial charge in [-0.3, -0.25) is 29.9 Å². The molecular formula is C15H12N4O7. The number of para-hydroxylation sites is 1. The van der Waals surface area contributed by atoms with Crippen molar-refractivity contribution in [1.82, 2.24) is 0 Å². The Hall–Kier alpha value is -4.02. The van der Waals surface area contributed by atoms with E-state index in [1.54, 1.807) is 18.2 Å². The molecule has 0 radical (unpaired) electrons. The molecule has 0 aliphatic carbocycles. The fraction of sp³-hybridized carbons (Fsp3) is 0.0667. The van der Waals surface area contributed by atoms with Crippen LogP contribution in [0.3, 0.4) is 0 Å². The Balaban J connectivity index is 2.35. The predicted octanol–water partition coefficient (Wildman–Crippen LogP) is 2.63. The molecule has 11 heteroatoms. The molecule has 0 aliphatic heterocycles. The highest BCUT2D eigenvalue weighted by atomic mass is 16.6. The predicted molar refractivity (Wildman–Crippen MR) is 90.2 cm³/mol. The molecule has 0 unspecified atom stereocenters. The van der Waals surface area contributed by atoms with Gasteiger partial charge in [0.05, 0.1) is 21.6 Å². The molecular weight excluding hydrogens is 348 g/mol. The number of rotatable bonds is 6. The van der Waals surface area contributed by atoms with Crippen LogP contribution in [0.4, 0.5) is 27.5 Å². The van der Waals surface area contributed by atoms with Gasteiger partial charge in [0.15, 0.2) is 0 Å². The van der Waals surface area contributed by atoms with Gasteiger partial charge >= 0.3 is 12.0 Å². The molecule has 2 amide bonds. The zero-order valence-corrected chi connectivity index (χ0v) is 13.1. The number of carbonyl (C=O) groups is 2. The van der Waals surface area contributed by atoms with Gasteiger partial charge in [-0.15, -0.1) is 0 Å². The number of carboxylic acid groups (broad SMARTS) is 1. The maximum absolute atomic E-state index is 12.4. The topological polar surface area (TPSA) is 156 Å². The van der Waals surface area contributed by atoms with Crippen molar-refractivity contribution in [1.29, 1.82) is 0 Å². The van der Waals surface area contributed by atoms with Crippen molar-refractivity contribution in [3.05, 3.63) is 68.8 Å². The van der Waals surface area contributed by atoms with Crippen LogP contribution in [0.1, 0.15) is 0 Å². The third kappa shape index (κ3) is 4.50. The summed E-state index contributed by atoms with van der Waals surface area (Å²) in [6, 6.07) is 9.58. The summed E-state index contributed by atoms with van der Waals surface area (Å²) in [7, 11) is 0. The standard InChI is InChI=1S/C15H12N4O7/c20-14(21)9-17(11-4-2-1-3-5-11)15(22)16-10-6-12(18(23)24)8-13(7-10)19(25)26/h1-8H,9H2,(H,16,22)(H,20,21). The lowest BCUT2D eigenvalue weighted by Crippen LogP contribution is -2.38. The van der Waals surface area contributed by atoms with Crippen molar-refractivity contribution in [2.75, 3.05) is 16.8 Å². The molecule has 0 saturated carbocycles. The van der Waals surface area contributed by atoms with Gasteiger partial charge in [0.25, 0.3) is 11.4 Å². The van der Waals surface area contributed by atoms with Crippen LogP contribution in [-0.2, 0) is 4.79 Å². The maximum Gasteiger partial charge on any atom is 0.326 e. The highest BCUT2D eigenvalue weighted by molar-refractivity contribution is 6.04. The van der Waals surface area contributed by atoms with Gasteiger partial charge in [0.1, 0.15) is 6.54 Å². The first-order valence-corrected chi connectivity index (χ1v) is 7.07. The number of non-ortho nitro benzene ring substituents is 2. The number of urea groups is 1. The SMILES string of the molecule is O=C(O)CN(C(=O)Nc1cc([N+](=O)[O-])cc([N+](=O)[O-])c1)c1ccccc1. The summed E-state index contributed by atoms with van der Waals surface area (Å²) in [5.41, 5.74) is -1.10. The number of nitro benzene ring substituents is 2. The van der Waals surface area contributed by atoms with Gasteiger partial charge in [-0.25, -0.2) is 4.79 Å². The third-order valence-electron chi connectivity index (χ3n) is 3.18. The summed E-state index contributed by atoms with van der Waals surface area (Å²) in [5.74, 6) is -1.28. The van der Waals surface area contributed by atoms with Crippen LogP contribution >= 0.6 is 0 Å². The van der Waals surface area contributed by atoms with Gasteiger partial charge in [-0.05, 0) is 12.1 Å². The summed E-state index contributed by atoms with van der Waals surface area (Å²) in [6.45, 7) is -0.674. The molecule has 0 fully saturated rings. The quantitative estimate of drug-likeness (QED) is 0.592. The van der Waals surface area contributed by atoms with Crippen molar-refractivity contribution in [3.8, 4) is 0 Å². The van der Waals surface area contributed by atoms with Crippen LogP contribution in [-0.4, -0.2) is 33.5 Å². The molecule has 0 aliphatic rings. The number of carboxylic acids is 1. The second kappa shape index (κ2) is 7.70. The first-order chi connectivity index (χ1) is 12.3. The highest BCUT2D eigenvalue weighted by Crippen LogP contribution is 2.26. The number of nitro groups is 2. The van der Waals surface area contributed by atoms with Crippen molar-refractivity contribution in [2.45, 2.75) is 0 Å². The van der Waals surface area contributed by atoms with E-state index in [1.165, 1.54) is 12.1 Å². The van der Waals surface area contributed by atoms with Crippen LogP contribution in [0, 0.1) is 20.2 Å². The van der Waals surface area contributed by atoms with E-state index in [0.717, 1.165) is 23.1 Å². The van der Waals surface area contributed by atoms with Gasteiger partial charge in [0, 0.05) is 17.8 Å². The molecule has 0 atom stereocenters. The summed E-state index contributed by atoms with van der Waals surface area (Å²) in [5, 5.41) is 33.0. The summed E-state index contributed by atoms with van der Waals surface area (Å²) >= 11 is 0. The lowest BCUT2D eigenvalue weighted by Gasteiger charge is -2.21. The Labute approximate surface area is 145 Å². The number of nitrogens with one attached hydrogen (secondary N) is 1. The smallest absolute Gasteiger partial charge is 0.326 e. The molecule has 0 bridgehead atoms. The van der Waals surface area contributed by atoms with Crippen LogP contribution in [0.2, 0.25) is 0 Å². The maximum atomic E-state index is 12.4. The number of nitrogens with zero attached hydrogens (tertiary/aromatic N) is 3. The monoisotopic (exact) mass is 360 g/mol. The number of anilines is 2. The molecule has 0 spiro atoms. The van der Waals surface area contributed by atoms with Crippen molar-refractivity contribution >= 4 is 34.7 Å². The highest BCUT2D eigenvalue weighted by Gasteiger charge is 2.22. The van der Waals surface area contributed by atoms with E-state index in [-0.39, 0.29) is 11.4 Å². The van der Waals surface area contributed by atoms with Gasteiger partial charge < -0.3 is 10.4 Å². The average molecular weight is 360 g/mol. The van der Waals surface area contributed by atoms with E-state index in [4.69, 9.17) is 5.11 Å². The van der Waals surface area contributed by atoms with E-state index in [9.17, 15) is 29.8 Å². The Morgan fingerprint density at radius 3 is 2.00 bits per heavy atom. The Morgan fingerprint density at radius 2 is 1.54 bits per heavy atom. The minimum atomic E-state index is -1.28. The minimum Gasteiger partial charge on any atom is -0.480 e. The van der Waals surface area contributed by atoms with Crippen LogP contribution in [0.5, 0.6) is 0 Å². The van der Waals surface area contributed by atoms with Crippen molar-refractivity contribution in [2.24, 2.45) is 0 Å². The number of amides is 2. The average Bonchev–Trinajstić information content (AvgIpc) is 2.59. The summed E-state index contributed by atoms with van der Waals surface area (Å²) < 4.78 is 0. The molecule has 2 N–H and O–H groups in total. The normalized spacial score (nSPS) is 10.0. The number of benzene rings is 2. The molecule has 0 saturated heterocycles. The molecule has 0 aromatic heterocycles. The Bertz CT molecular complexity index is 837. The molecule has 26 heavy (non-hydrogen) atoms. The first kappa shape index (κ1) is 18.3. The largest absolute Gasteiger partial charge is 0.480 e. The third-order valence-corrected chi connectivity index (χ3v) is 3.18. The number of carbonyl (C=O) groups excluding carboxylic acids is 1. The molecule has 2 aromatic rings. The lowest BCUT2D eigenvalue weighted by atomic mass is 10.2. The first-order valence-electron chi connectivity index (χ1n) is 7.07. The Morgan fingerprint density at radius 1 is 1.00 bits per heavy atom. The molecule has 0 heterocycles. The summed E-state index contributed by atoms with van der Waals surface area (Å²) in [4.78, 5) is 44.4. The minimum absolute atomic E-state index is 0.206. The molecule has 11 nitrogen and oxygen atoms in total. The lowest BCUT2D eigenvalue weighted by molar-refractivity contribution is -0.394. The van der Waals surface area contributed by atoms with Crippen LogP contribution in [0.15, 0.2) is 48.5 Å². The molecule has 2 rings (SSSR count). The second-order valence-electron chi connectivity index (χ2n) is 5.00. The van der Waals surface area contributed by atoms with E-state index in [1.807, 2.05) is 0 Å². The van der Waals surface area contributed by atoms with Gasteiger partial charge in [-0.1, -0.05) is 18.2 Å². The van der Waals surface area contributed by atoms with E-state index >= 15 is 0 Å². The molecule has 2 aromatic carbocycles.